The van der Waals surface area contributed by atoms with Gasteiger partial charge in [0.15, 0.2) is 0 Å². The smallest absolute Gasteiger partial charge is 0.410 e. The molecular formula is C17H34N2O4. The van der Waals surface area contributed by atoms with E-state index >= 15 is 0 Å². The Morgan fingerprint density at radius 2 is 2.04 bits per heavy atom. The van der Waals surface area contributed by atoms with E-state index < -0.39 is 5.60 Å². The van der Waals surface area contributed by atoms with Gasteiger partial charge in [-0.1, -0.05) is 6.92 Å². The number of morpholine rings is 1. The molecule has 0 bridgehead atoms. The molecule has 4 unspecified atom stereocenters. The van der Waals surface area contributed by atoms with Gasteiger partial charge in [-0.25, -0.2) is 4.79 Å². The Bertz CT molecular complexity index is 370. The molecule has 1 aliphatic heterocycles. The SMILES string of the molecule is CC(CC1COCCN1C(=O)OC(C)(C)C)NC(C)C(C)CO. The lowest BCUT2D eigenvalue weighted by molar-refractivity contribution is -0.0358. The Kier molecular flexibility index (Phi) is 7.77. The standard InChI is InChI=1S/C17H34N2O4/c1-12(10-20)14(3)18-13(2)9-15-11-22-8-7-19(15)16(21)23-17(4,5)6/h12-15,18,20H,7-11H2,1-6H3. The molecule has 0 aromatic rings. The van der Waals surface area contributed by atoms with Crippen LogP contribution in [0.5, 0.6) is 0 Å². The van der Waals surface area contributed by atoms with Crippen LogP contribution in [-0.4, -0.2) is 66.2 Å². The van der Waals surface area contributed by atoms with E-state index in [0.717, 1.165) is 6.42 Å². The number of carbonyl (C=O) groups is 1. The predicted octanol–water partition coefficient (Wildman–Crippen LogP) is 2.01. The zero-order chi connectivity index (χ0) is 17.6. The number of hydrogen-bond donors (Lipinski definition) is 2. The van der Waals surface area contributed by atoms with Crippen LogP contribution in [0.3, 0.4) is 0 Å². The van der Waals surface area contributed by atoms with Gasteiger partial charge in [-0.05, 0) is 47.0 Å². The topological polar surface area (TPSA) is 71.0 Å². The van der Waals surface area contributed by atoms with Crippen LogP contribution >= 0.6 is 0 Å². The fourth-order valence-corrected chi connectivity index (χ4v) is 2.66. The monoisotopic (exact) mass is 330 g/mol. The van der Waals surface area contributed by atoms with Crippen LogP contribution < -0.4 is 5.32 Å². The van der Waals surface area contributed by atoms with Crippen molar-refractivity contribution in [1.29, 1.82) is 0 Å². The molecule has 0 saturated carbocycles. The highest BCUT2D eigenvalue weighted by molar-refractivity contribution is 5.68. The Labute approximate surface area is 140 Å². The average molecular weight is 330 g/mol. The van der Waals surface area contributed by atoms with Gasteiger partial charge in [-0.2, -0.15) is 0 Å². The largest absolute Gasteiger partial charge is 0.444 e. The Balaban J connectivity index is 2.59. The van der Waals surface area contributed by atoms with Gasteiger partial charge >= 0.3 is 6.09 Å². The molecule has 0 aliphatic carbocycles. The summed E-state index contributed by atoms with van der Waals surface area (Å²) >= 11 is 0. The molecular weight excluding hydrogens is 296 g/mol. The number of aliphatic hydroxyl groups excluding tert-OH is 1. The third kappa shape index (κ3) is 7.06. The summed E-state index contributed by atoms with van der Waals surface area (Å²) in [5.41, 5.74) is -0.491. The highest BCUT2D eigenvalue weighted by atomic mass is 16.6. The van der Waals surface area contributed by atoms with E-state index in [1.165, 1.54) is 0 Å². The highest BCUT2D eigenvalue weighted by Gasteiger charge is 2.32. The van der Waals surface area contributed by atoms with Crippen LogP contribution in [0.2, 0.25) is 0 Å². The predicted molar refractivity (Wildman–Crippen MR) is 90.5 cm³/mol. The molecule has 2 N–H and O–H groups in total. The summed E-state index contributed by atoms with van der Waals surface area (Å²) in [6.45, 7) is 13.6. The van der Waals surface area contributed by atoms with Gasteiger partial charge in [-0.15, -0.1) is 0 Å². The molecule has 1 aliphatic rings. The number of rotatable bonds is 6. The van der Waals surface area contributed by atoms with E-state index in [1.807, 2.05) is 27.7 Å². The first kappa shape index (κ1) is 20.2. The molecule has 1 saturated heterocycles. The van der Waals surface area contributed by atoms with Crippen molar-refractivity contribution in [3.05, 3.63) is 0 Å². The van der Waals surface area contributed by atoms with E-state index in [2.05, 4.69) is 19.2 Å². The van der Waals surface area contributed by atoms with E-state index in [4.69, 9.17) is 9.47 Å². The van der Waals surface area contributed by atoms with Crippen LogP contribution in [0, 0.1) is 5.92 Å². The lowest BCUT2D eigenvalue weighted by atomic mass is 10.0. The number of nitrogens with one attached hydrogen (secondary N) is 1. The maximum atomic E-state index is 12.4. The normalized spacial score (nSPS) is 23.3. The van der Waals surface area contributed by atoms with Gasteiger partial charge in [0.05, 0.1) is 19.3 Å². The Hall–Kier alpha value is -0.850. The molecule has 0 spiro atoms. The summed E-state index contributed by atoms with van der Waals surface area (Å²) in [5, 5.41) is 12.7. The zero-order valence-electron chi connectivity index (χ0n) is 15.5. The van der Waals surface area contributed by atoms with Crippen molar-refractivity contribution in [2.75, 3.05) is 26.4 Å². The second kappa shape index (κ2) is 8.85. The molecule has 136 valence electrons. The minimum absolute atomic E-state index is 0.0118. The molecule has 1 fully saturated rings. The maximum Gasteiger partial charge on any atom is 0.410 e. The lowest BCUT2D eigenvalue weighted by Gasteiger charge is -2.38. The van der Waals surface area contributed by atoms with Crippen LogP contribution in [-0.2, 0) is 9.47 Å². The third-order valence-corrected chi connectivity index (χ3v) is 4.17. The van der Waals surface area contributed by atoms with Crippen molar-refractivity contribution < 1.29 is 19.4 Å². The van der Waals surface area contributed by atoms with Crippen molar-refractivity contribution in [3.8, 4) is 0 Å². The zero-order valence-corrected chi connectivity index (χ0v) is 15.5. The van der Waals surface area contributed by atoms with E-state index in [9.17, 15) is 9.90 Å². The van der Waals surface area contributed by atoms with E-state index in [1.54, 1.807) is 4.90 Å². The van der Waals surface area contributed by atoms with Gasteiger partial charge in [0.2, 0.25) is 0 Å². The highest BCUT2D eigenvalue weighted by Crippen LogP contribution is 2.18. The van der Waals surface area contributed by atoms with Crippen molar-refractivity contribution >= 4 is 6.09 Å². The maximum absolute atomic E-state index is 12.4. The number of nitrogens with zero attached hydrogens (tertiary/aromatic N) is 1. The Morgan fingerprint density at radius 1 is 1.39 bits per heavy atom. The van der Waals surface area contributed by atoms with Crippen molar-refractivity contribution in [3.63, 3.8) is 0 Å². The number of carbonyl (C=O) groups excluding carboxylic acids is 1. The summed E-state index contributed by atoms with van der Waals surface area (Å²) in [4.78, 5) is 14.2. The fourth-order valence-electron chi connectivity index (χ4n) is 2.66. The molecule has 6 nitrogen and oxygen atoms in total. The first-order chi connectivity index (χ1) is 10.6. The van der Waals surface area contributed by atoms with Gasteiger partial charge in [0.1, 0.15) is 5.60 Å². The van der Waals surface area contributed by atoms with Crippen LogP contribution in [0.25, 0.3) is 0 Å². The molecule has 4 atom stereocenters. The number of ether oxygens (including phenoxy) is 2. The van der Waals surface area contributed by atoms with Crippen molar-refractivity contribution in [2.45, 2.75) is 71.7 Å². The second-order valence-electron chi connectivity index (χ2n) is 7.65. The van der Waals surface area contributed by atoms with Crippen molar-refractivity contribution in [2.24, 2.45) is 5.92 Å². The summed E-state index contributed by atoms with van der Waals surface area (Å²) in [6.07, 6.45) is 0.525. The summed E-state index contributed by atoms with van der Waals surface area (Å²) < 4.78 is 11.1. The molecule has 0 aromatic heterocycles. The summed E-state index contributed by atoms with van der Waals surface area (Å²) in [5.74, 6) is 0.196. The number of hydrogen-bond acceptors (Lipinski definition) is 5. The number of amides is 1. The first-order valence-electron chi connectivity index (χ1n) is 8.58. The van der Waals surface area contributed by atoms with E-state index in [0.29, 0.717) is 19.8 Å². The number of aliphatic hydroxyl groups is 1. The second-order valence-corrected chi connectivity index (χ2v) is 7.65. The minimum Gasteiger partial charge on any atom is -0.444 e. The van der Waals surface area contributed by atoms with Gasteiger partial charge in [0.25, 0.3) is 0 Å². The minimum atomic E-state index is -0.491. The van der Waals surface area contributed by atoms with Gasteiger partial charge < -0.3 is 24.8 Å². The summed E-state index contributed by atoms with van der Waals surface area (Å²) in [7, 11) is 0. The molecule has 23 heavy (non-hydrogen) atoms. The average Bonchev–Trinajstić information content (AvgIpc) is 2.44. The lowest BCUT2D eigenvalue weighted by Crippen LogP contribution is -2.53. The quantitative estimate of drug-likeness (QED) is 0.779. The molecule has 1 heterocycles. The molecule has 0 aromatic carbocycles. The first-order valence-corrected chi connectivity index (χ1v) is 8.58. The van der Waals surface area contributed by atoms with Crippen molar-refractivity contribution in [1.82, 2.24) is 10.2 Å². The third-order valence-electron chi connectivity index (χ3n) is 4.17. The Morgan fingerprint density at radius 3 is 2.61 bits per heavy atom. The molecule has 1 amide bonds. The van der Waals surface area contributed by atoms with E-state index in [-0.39, 0.29) is 36.7 Å². The fraction of sp³-hybridized carbons (Fsp3) is 0.941. The molecule has 6 heteroatoms. The molecule has 1 rings (SSSR count). The van der Waals surface area contributed by atoms with Gasteiger partial charge in [0, 0.05) is 25.2 Å². The van der Waals surface area contributed by atoms with Crippen LogP contribution in [0.15, 0.2) is 0 Å². The van der Waals surface area contributed by atoms with Crippen LogP contribution in [0.1, 0.15) is 48.0 Å². The molecule has 0 radical (unpaired) electrons. The summed E-state index contributed by atoms with van der Waals surface area (Å²) in [6, 6.07) is 0.447. The van der Waals surface area contributed by atoms with Crippen LogP contribution in [0.4, 0.5) is 4.79 Å². The van der Waals surface area contributed by atoms with Gasteiger partial charge in [-0.3, -0.25) is 0 Å².